The van der Waals surface area contributed by atoms with E-state index < -0.39 is 0 Å². The first-order chi connectivity index (χ1) is 9.32. The van der Waals surface area contributed by atoms with E-state index in [-0.39, 0.29) is 5.54 Å². The number of nitrogens with zero attached hydrogens (tertiary/aromatic N) is 2. The molecule has 1 saturated carbocycles. The van der Waals surface area contributed by atoms with Crippen LogP contribution in [-0.2, 0) is 13.5 Å². The number of aryl methyl sites for hydroxylation is 2. The van der Waals surface area contributed by atoms with Gasteiger partial charge in [0.15, 0.2) is 0 Å². The molecule has 2 atom stereocenters. The van der Waals surface area contributed by atoms with Crippen molar-refractivity contribution in [3.63, 3.8) is 0 Å². The van der Waals surface area contributed by atoms with E-state index in [0.717, 1.165) is 41.3 Å². The second-order valence-corrected chi connectivity index (χ2v) is 7.74. The maximum Gasteiger partial charge on any atom is 0.0738 e. The van der Waals surface area contributed by atoms with Crippen LogP contribution in [0.3, 0.4) is 0 Å². The average Bonchev–Trinajstić information content (AvgIpc) is 2.56. The van der Waals surface area contributed by atoms with Gasteiger partial charge >= 0.3 is 0 Å². The van der Waals surface area contributed by atoms with Crippen LogP contribution >= 0.6 is 15.9 Å². The Labute approximate surface area is 131 Å². The van der Waals surface area contributed by atoms with Gasteiger partial charge in [-0.1, -0.05) is 26.7 Å². The quantitative estimate of drug-likeness (QED) is 0.845. The normalized spacial score (nSPS) is 27.9. The summed E-state index contributed by atoms with van der Waals surface area (Å²) in [6.07, 6.45) is 7.05. The van der Waals surface area contributed by atoms with Gasteiger partial charge in [-0.2, -0.15) is 5.10 Å². The van der Waals surface area contributed by atoms with Crippen molar-refractivity contribution in [3.8, 4) is 0 Å². The van der Waals surface area contributed by atoms with E-state index in [1.807, 2.05) is 18.7 Å². The van der Waals surface area contributed by atoms with E-state index in [4.69, 9.17) is 5.73 Å². The number of hydrogen-bond donors (Lipinski definition) is 1. The van der Waals surface area contributed by atoms with E-state index in [0.29, 0.717) is 0 Å². The molecule has 4 heteroatoms. The molecule has 0 bridgehead atoms. The van der Waals surface area contributed by atoms with Crippen molar-refractivity contribution in [3.05, 3.63) is 15.9 Å². The minimum Gasteiger partial charge on any atom is -0.325 e. The Morgan fingerprint density at radius 1 is 1.40 bits per heavy atom. The lowest BCUT2D eigenvalue weighted by molar-refractivity contribution is 0.319. The third kappa shape index (κ3) is 3.45. The van der Waals surface area contributed by atoms with Crippen LogP contribution in [0.1, 0.15) is 57.3 Å². The fraction of sp³-hybridized carbons (Fsp3) is 0.812. The molecular formula is C16H28BrN3. The minimum atomic E-state index is -0.0631. The summed E-state index contributed by atoms with van der Waals surface area (Å²) in [5.41, 5.74) is 8.97. The molecule has 114 valence electrons. The highest BCUT2D eigenvalue weighted by Gasteiger charge is 2.32. The van der Waals surface area contributed by atoms with E-state index >= 15 is 0 Å². The molecule has 0 radical (unpaired) electrons. The molecule has 1 aromatic rings. The monoisotopic (exact) mass is 341 g/mol. The van der Waals surface area contributed by atoms with Gasteiger partial charge in [-0.25, -0.2) is 0 Å². The maximum atomic E-state index is 6.74. The SMILES string of the molecule is Cc1nn(C)c(CC2(N)CCCC(C(C)C)CC2)c1Br. The number of nitrogens with two attached hydrogens (primary N) is 1. The second-order valence-electron chi connectivity index (χ2n) is 6.94. The zero-order valence-electron chi connectivity index (χ0n) is 13.2. The first-order valence-corrected chi connectivity index (χ1v) is 8.58. The van der Waals surface area contributed by atoms with Crippen molar-refractivity contribution in [2.24, 2.45) is 24.6 Å². The molecule has 0 amide bonds. The largest absolute Gasteiger partial charge is 0.325 e. The summed E-state index contributed by atoms with van der Waals surface area (Å²) in [7, 11) is 2.02. The van der Waals surface area contributed by atoms with Gasteiger partial charge in [0.1, 0.15) is 0 Å². The summed E-state index contributed by atoms with van der Waals surface area (Å²) in [4.78, 5) is 0. The van der Waals surface area contributed by atoms with Gasteiger partial charge in [-0.3, -0.25) is 4.68 Å². The van der Waals surface area contributed by atoms with E-state index in [9.17, 15) is 0 Å². The van der Waals surface area contributed by atoms with Crippen molar-refractivity contribution in [1.29, 1.82) is 0 Å². The van der Waals surface area contributed by atoms with Crippen molar-refractivity contribution in [2.75, 3.05) is 0 Å². The predicted molar refractivity (Wildman–Crippen MR) is 87.7 cm³/mol. The highest BCUT2D eigenvalue weighted by atomic mass is 79.9. The predicted octanol–water partition coefficient (Wildman–Crippen LogP) is 3.97. The van der Waals surface area contributed by atoms with Gasteiger partial charge in [0, 0.05) is 19.0 Å². The maximum absolute atomic E-state index is 6.74. The van der Waals surface area contributed by atoms with Gasteiger partial charge in [-0.05, 0) is 54.0 Å². The van der Waals surface area contributed by atoms with Crippen LogP contribution in [0, 0.1) is 18.8 Å². The zero-order chi connectivity index (χ0) is 14.9. The Morgan fingerprint density at radius 3 is 2.65 bits per heavy atom. The van der Waals surface area contributed by atoms with Crippen molar-refractivity contribution in [1.82, 2.24) is 9.78 Å². The van der Waals surface area contributed by atoms with Gasteiger partial charge in [0.25, 0.3) is 0 Å². The lowest BCUT2D eigenvalue weighted by Gasteiger charge is -2.28. The Morgan fingerprint density at radius 2 is 2.10 bits per heavy atom. The van der Waals surface area contributed by atoms with Gasteiger partial charge in [-0.15, -0.1) is 0 Å². The molecule has 2 N–H and O–H groups in total. The minimum absolute atomic E-state index is 0.0631. The number of halogens is 1. The van der Waals surface area contributed by atoms with Crippen molar-refractivity contribution < 1.29 is 0 Å². The number of aromatic nitrogens is 2. The Kier molecular flexibility index (Phi) is 4.96. The van der Waals surface area contributed by atoms with Gasteiger partial charge in [0.2, 0.25) is 0 Å². The lowest BCUT2D eigenvalue weighted by Crippen LogP contribution is -2.42. The number of rotatable bonds is 3. The van der Waals surface area contributed by atoms with Crippen LogP contribution in [0.15, 0.2) is 4.47 Å². The Bertz CT molecular complexity index is 467. The molecule has 1 aliphatic carbocycles. The van der Waals surface area contributed by atoms with Crippen LogP contribution in [0.5, 0.6) is 0 Å². The third-order valence-electron chi connectivity index (χ3n) is 4.99. The molecule has 1 aliphatic rings. The lowest BCUT2D eigenvalue weighted by atomic mass is 9.84. The Balaban J connectivity index is 2.11. The molecule has 0 aliphatic heterocycles. The fourth-order valence-electron chi connectivity index (χ4n) is 3.51. The standard InChI is InChI=1S/C16H28BrN3/c1-11(2)13-6-5-8-16(18,9-7-13)10-14-15(17)12(3)19-20(14)4/h11,13H,5-10,18H2,1-4H3. The molecule has 2 rings (SSSR count). The molecule has 3 nitrogen and oxygen atoms in total. The molecule has 20 heavy (non-hydrogen) atoms. The summed E-state index contributed by atoms with van der Waals surface area (Å²) in [5.74, 6) is 1.63. The van der Waals surface area contributed by atoms with Gasteiger partial charge < -0.3 is 5.73 Å². The number of hydrogen-bond acceptors (Lipinski definition) is 2. The first-order valence-electron chi connectivity index (χ1n) is 7.79. The highest BCUT2D eigenvalue weighted by Crippen LogP contribution is 2.35. The summed E-state index contributed by atoms with van der Waals surface area (Å²) >= 11 is 3.67. The molecule has 2 unspecified atom stereocenters. The zero-order valence-corrected chi connectivity index (χ0v) is 14.8. The summed E-state index contributed by atoms with van der Waals surface area (Å²) < 4.78 is 3.12. The summed E-state index contributed by atoms with van der Waals surface area (Å²) in [5, 5.41) is 4.49. The summed E-state index contributed by atoms with van der Waals surface area (Å²) in [6.45, 7) is 6.73. The van der Waals surface area contributed by atoms with E-state index in [1.54, 1.807) is 0 Å². The van der Waals surface area contributed by atoms with E-state index in [1.165, 1.54) is 25.0 Å². The molecule has 1 fully saturated rings. The molecule has 0 spiro atoms. The molecular weight excluding hydrogens is 314 g/mol. The first kappa shape index (κ1) is 16.0. The summed E-state index contributed by atoms with van der Waals surface area (Å²) in [6, 6.07) is 0. The van der Waals surface area contributed by atoms with Crippen LogP contribution < -0.4 is 5.73 Å². The smallest absolute Gasteiger partial charge is 0.0738 e. The fourth-order valence-corrected chi connectivity index (χ4v) is 3.98. The van der Waals surface area contributed by atoms with Crippen LogP contribution in [0.2, 0.25) is 0 Å². The second kappa shape index (κ2) is 6.18. The molecule has 1 heterocycles. The molecule has 0 saturated heterocycles. The van der Waals surface area contributed by atoms with E-state index in [2.05, 4.69) is 34.9 Å². The van der Waals surface area contributed by atoms with Crippen LogP contribution in [0.4, 0.5) is 0 Å². The average molecular weight is 342 g/mol. The third-order valence-corrected chi connectivity index (χ3v) is 6.02. The highest BCUT2D eigenvalue weighted by molar-refractivity contribution is 9.10. The van der Waals surface area contributed by atoms with Crippen LogP contribution in [0.25, 0.3) is 0 Å². The Hall–Kier alpha value is -0.350. The molecule has 0 aromatic carbocycles. The van der Waals surface area contributed by atoms with Crippen molar-refractivity contribution >= 4 is 15.9 Å². The molecule has 1 aromatic heterocycles. The van der Waals surface area contributed by atoms with Gasteiger partial charge in [0.05, 0.1) is 15.9 Å². The van der Waals surface area contributed by atoms with Crippen molar-refractivity contribution in [2.45, 2.75) is 64.8 Å². The topological polar surface area (TPSA) is 43.8 Å². The van der Waals surface area contributed by atoms with Crippen LogP contribution in [-0.4, -0.2) is 15.3 Å².